The number of ether oxygens (including phenoxy) is 1. The predicted octanol–water partition coefficient (Wildman–Crippen LogP) is 5.18. The third-order valence-corrected chi connectivity index (χ3v) is 4.09. The van der Waals surface area contributed by atoms with E-state index in [1.54, 1.807) is 6.07 Å². The van der Waals surface area contributed by atoms with Crippen LogP contribution in [0.25, 0.3) is 11.1 Å². The average Bonchev–Trinajstić information content (AvgIpc) is 2.62. The second-order valence-electron chi connectivity index (χ2n) is 5.43. The fourth-order valence-electron chi connectivity index (χ4n) is 2.50. The van der Waals surface area contributed by atoms with Crippen LogP contribution < -0.4 is 10.5 Å². The maximum atomic E-state index is 13.5. The normalized spacial score (nSPS) is 10.6. The molecule has 0 heterocycles. The Bertz CT molecular complexity index is 836. The molecule has 0 aliphatic rings. The van der Waals surface area contributed by atoms with Crippen molar-refractivity contribution in [2.24, 2.45) is 5.73 Å². The molecule has 0 amide bonds. The van der Waals surface area contributed by atoms with Gasteiger partial charge in [0.05, 0.1) is 0 Å². The molecule has 0 aliphatic heterocycles. The van der Waals surface area contributed by atoms with Crippen molar-refractivity contribution in [3.63, 3.8) is 0 Å². The number of hydrogen-bond donors (Lipinski definition) is 1. The third kappa shape index (κ3) is 3.75. The SMILES string of the molecule is NCc1cc(-c2cc(F)ccc2Cl)ccc1OCc1ccccc1. The Kier molecular flexibility index (Phi) is 5.14. The van der Waals surface area contributed by atoms with Gasteiger partial charge in [0.1, 0.15) is 18.2 Å². The summed E-state index contributed by atoms with van der Waals surface area (Å²) in [6.07, 6.45) is 0. The highest BCUT2D eigenvalue weighted by Gasteiger charge is 2.09. The van der Waals surface area contributed by atoms with E-state index in [0.29, 0.717) is 23.7 Å². The van der Waals surface area contributed by atoms with Crippen LogP contribution in [0.4, 0.5) is 4.39 Å². The first kappa shape index (κ1) is 16.5. The zero-order chi connectivity index (χ0) is 16.9. The average molecular weight is 342 g/mol. The lowest BCUT2D eigenvalue weighted by Crippen LogP contribution is -2.03. The van der Waals surface area contributed by atoms with Crippen molar-refractivity contribution in [1.29, 1.82) is 0 Å². The zero-order valence-electron chi connectivity index (χ0n) is 13.0. The summed E-state index contributed by atoms with van der Waals surface area (Å²) in [6, 6.07) is 19.8. The minimum absolute atomic E-state index is 0.324. The summed E-state index contributed by atoms with van der Waals surface area (Å²) in [7, 11) is 0. The fourth-order valence-corrected chi connectivity index (χ4v) is 2.73. The van der Waals surface area contributed by atoms with Crippen LogP contribution in [0.15, 0.2) is 66.7 Å². The lowest BCUT2D eigenvalue weighted by molar-refractivity contribution is 0.303. The van der Waals surface area contributed by atoms with Gasteiger partial charge in [-0.1, -0.05) is 48.0 Å². The second kappa shape index (κ2) is 7.47. The molecule has 0 unspecified atom stereocenters. The van der Waals surface area contributed by atoms with E-state index < -0.39 is 0 Å². The summed E-state index contributed by atoms with van der Waals surface area (Å²) in [5.41, 5.74) is 9.23. The van der Waals surface area contributed by atoms with Crippen LogP contribution >= 0.6 is 11.6 Å². The maximum Gasteiger partial charge on any atom is 0.124 e. The highest BCUT2D eigenvalue weighted by molar-refractivity contribution is 6.33. The molecule has 3 rings (SSSR count). The number of halogens is 2. The lowest BCUT2D eigenvalue weighted by Gasteiger charge is -2.13. The van der Waals surface area contributed by atoms with Gasteiger partial charge in [-0.05, 0) is 41.5 Å². The van der Waals surface area contributed by atoms with Crippen LogP contribution in [-0.2, 0) is 13.2 Å². The fraction of sp³-hybridized carbons (Fsp3) is 0.100. The van der Waals surface area contributed by atoms with Crippen molar-refractivity contribution in [1.82, 2.24) is 0 Å². The molecular weight excluding hydrogens is 325 g/mol. The van der Waals surface area contributed by atoms with E-state index >= 15 is 0 Å². The van der Waals surface area contributed by atoms with Crippen molar-refractivity contribution in [2.75, 3.05) is 0 Å². The molecule has 3 aromatic rings. The molecule has 2 N–H and O–H groups in total. The zero-order valence-corrected chi connectivity index (χ0v) is 13.8. The summed E-state index contributed by atoms with van der Waals surface area (Å²) in [5, 5.41) is 0.498. The summed E-state index contributed by atoms with van der Waals surface area (Å²) < 4.78 is 19.4. The number of nitrogens with two attached hydrogens (primary N) is 1. The molecule has 0 fully saturated rings. The van der Waals surface area contributed by atoms with Crippen molar-refractivity contribution in [2.45, 2.75) is 13.2 Å². The van der Waals surface area contributed by atoms with E-state index in [2.05, 4.69) is 0 Å². The molecule has 0 aromatic heterocycles. The summed E-state index contributed by atoms with van der Waals surface area (Å²) >= 11 is 6.18. The van der Waals surface area contributed by atoms with Gasteiger partial charge in [0, 0.05) is 22.7 Å². The van der Waals surface area contributed by atoms with Gasteiger partial charge >= 0.3 is 0 Å². The molecule has 0 bridgehead atoms. The Hall–Kier alpha value is -2.36. The summed E-state index contributed by atoms with van der Waals surface area (Å²) in [5.74, 6) is 0.394. The molecule has 122 valence electrons. The molecule has 0 saturated carbocycles. The van der Waals surface area contributed by atoms with Crippen LogP contribution in [0.5, 0.6) is 5.75 Å². The Labute approximate surface area is 145 Å². The standard InChI is InChI=1S/C20H17ClFNO/c21-19-8-7-17(22)11-18(19)15-6-9-20(16(10-15)12-23)24-13-14-4-2-1-3-5-14/h1-11H,12-13,23H2. The van der Waals surface area contributed by atoms with Gasteiger partial charge in [0.15, 0.2) is 0 Å². The van der Waals surface area contributed by atoms with Crippen LogP contribution in [0.2, 0.25) is 5.02 Å². The van der Waals surface area contributed by atoms with Crippen molar-refractivity contribution < 1.29 is 9.13 Å². The molecule has 0 spiro atoms. The number of rotatable bonds is 5. The minimum atomic E-state index is -0.326. The lowest BCUT2D eigenvalue weighted by atomic mass is 10.0. The van der Waals surface area contributed by atoms with E-state index in [-0.39, 0.29) is 5.82 Å². The molecule has 3 aromatic carbocycles. The quantitative estimate of drug-likeness (QED) is 0.693. The van der Waals surface area contributed by atoms with E-state index in [0.717, 1.165) is 22.4 Å². The topological polar surface area (TPSA) is 35.2 Å². The highest BCUT2D eigenvalue weighted by Crippen LogP contribution is 2.32. The first-order valence-electron chi connectivity index (χ1n) is 7.62. The molecule has 0 saturated heterocycles. The first-order valence-corrected chi connectivity index (χ1v) is 8.00. The van der Waals surface area contributed by atoms with Crippen LogP contribution in [0.1, 0.15) is 11.1 Å². The van der Waals surface area contributed by atoms with Crippen LogP contribution in [0.3, 0.4) is 0 Å². The minimum Gasteiger partial charge on any atom is -0.489 e. The van der Waals surface area contributed by atoms with Gasteiger partial charge in [0.2, 0.25) is 0 Å². The van der Waals surface area contributed by atoms with Gasteiger partial charge in [-0.3, -0.25) is 0 Å². The maximum absolute atomic E-state index is 13.5. The Morgan fingerprint density at radius 1 is 0.958 bits per heavy atom. The monoisotopic (exact) mass is 341 g/mol. The van der Waals surface area contributed by atoms with Crippen molar-refractivity contribution >= 4 is 11.6 Å². The second-order valence-corrected chi connectivity index (χ2v) is 5.83. The van der Waals surface area contributed by atoms with Crippen LogP contribution in [-0.4, -0.2) is 0 Å². The Morgan fingerprint density at radius 3 is 2.50 bits per heavy atom. The molecule has 4 heteroatoms. The van der Waals surface area contributed by atoms with E-state index in [1.807, 2.05) is 48.5 Å². The Morgan fingerprint density at radius 2 is 1.75 bits per heavy atom. The Balaban J connectivity index is 1.86. The molecule has 2 nitrogen and oxygen atoms in total. The molecule has 0 atom stereocenters. The van der Waals surface area contributed by atoms with Crippen molar-refractivity contribution in [3.8, 4) is 16.9 Å². The van der Waals surface area contributed by atoms with Gasteiger partial charge < -0.3 is 10.5 Å². The number of benzene rings is 3. The van der Waals surface area contributed by atoms with Gasteiger partial charge in [-0.15, -0.1) is 0 Å². The number of hydrogen-bond acceptors (Lipinski definition) is 2. The van der Waals surface area contributed by atoms with Crippen LogP contribution in [0, 0.1) is 5.82 Å². The molecular formula is C20H17ClFNO. The van der Waals surface area contributed by atoms with E-state index in [1.165, 1.54) is 12.1 Å². The van der Waals surface area contributed by atoms with E-state index in [4.69, 9.17) is 22.1 Å². The predicted molar refractivity (Wildman–Crippen MR) is 95.5 cm³/mol. The molecule has 0 aliphatic carbocycles. The van der Waals surface area contributed by atoms with Gasteiger partial charge in [0.25, 0.3) is 0 Å². The molecule has 0 radical (unpaired) electrons. The van der Waals surface area contributed by atoms with Crippen molar-refractivity contribution in [3.05, 3.63) is 88.7 Å². The third-order valence-electron chi connectivity index (χ3n) is 3.76. The van der Waals surface area contributed by atoms with Gasteiger partial charge in [-0.25, -0.2) is 4.39 Å². The first-order chi connectivity index (χ1) is 11.7. The van der Waals surface area contributed by atoms with E-state index in [9.17, 15) is 4.39 Å². The smallest absolute Gasteiger partial charge is 0.124 e. The van der Waals surface area contributed by atoms with Gasteiger partial charge in [-0.2, -0.15) is 0 Å². The molecule has 24 heavy (non-hydrogen) atoms. The summed E-state index contributed by atoms with van der Waals surface area (Å²) in [6.45, 7) is 0.790. The highest BCUT2D eigenvalue weighted by atomic mass is 35.5. The summed E-state index contributed by atoms with van der Waals surface area (Å²) in [4.78, 5) is 0. The largest absolute Gasteiger partial charge is 0.489 e.